The summed E-state index contributed by atoms with van der Waals surface area (Å²) < 4.78 is 4.79. The Balaban J connectivity index is 1.82. The Bertz CT molecular complexity index is 1190. The lowest BCUT2D eigenvalue weighted by Gasteiger charge is -2.39. The van der Waals surface area contributed by atoms with Crippen LogP contribution in [-0.4, -0.2) is 96.8 Å². The lowest BCUT2D eigenvalue weighted by Crippen LogP contribution is -2.62. The lowest BCUT2D eigenvalue weighted by molar-refractivity contribution is -0.145. The number of rotatable bonds is 11. The second-order valence-corrected chi connectivity index (χ2v) is 15.9. The van der Waals surface area contributed by atoms with Gasteiger partial charge in [-0.25, -0.2) is 9.59 Å². The number of primary amides is 1. The van der Waals surface area contributed by atoms with E-state index in [-0.39, 0.29) is 29.7 Å². The molecule has 3 aliphatic rings. The number of nitrogens with one attached hydrogen (secondary N) is 3. The molecule has 1 heterocycles. The number of hydrogen-bond acceptors (Lipinski definition) is 7. The maximum atomic E-state index is 14.3. The van der Waals surface area contributed by atoms with Gasteiger partial charge in [0.15, 0.2) is 0 Å². The molecule has 0 aromatic rings. The van der Waals surface area contributed by atoms with Crippen LogP contribution in [-0.2, 0) is 23.9 Å². The number of hydrogen-bond donors (Lipinski definition) is 4. The summed E-state index contributed by atoms with van der Waals surface area (Å²) in [4.78, 5) is 81.0. The van der Waals surface area contributed by atoms with E-state index < -0.39 is 70.6 Å². The topological polar surface area (TPSA) is 180 Å². The maximum Gasteiger partial charge on any atom is 0.409 e. The van der Waals surface area contributed by atoms with E-state index in [1.807, 2.05) is 41.5 Å². The van der Waals surface area contributed by atoms with Gasteiger partial charge in [0.05, 0.1) is 19.2 Å². The van der Waals surface area contributed by atoms with E-state index in [2.05, 4.69) is 29.8 Å². The molecular weight excluding hydrogens is 580 g/mol. The van der Waals surface area contributed by atoms with Crippen LogP contribution in [0.1, 0.15) is 81.1 Å². The molecule has 3 rings (SSSR count). The van der Waals surface area contributed by atoms with Crippen LogP contribution in [0.25, 0.3) is 0 Å². The number of likely N-dealkylation sites (N-methyl/N-ethyl adjacent to an activating group) is 1. The molecule has 1 unspecified atom stereocenters. The molecule has 6 amide bonds. The number of fused-ring (bicyclic) bond motifs is 1. The van der Waals surface area contributed by atoms with Gasteiger partial charge in [0, 0.05) is 20.1 Å². The fourth-order valence-electron chi connectivity index (χ4n) is 6.72. The summed E-state index contributed by atoms with van der Waals surface area (Å²) in [5, 5.41) is 8.57. The Labute approximate surface area is 267 Å². The summed E-state index contributed by atoms with van der Waals surface area (Å²) in [6.07, 6.45) is 2.66. The van der Waals surface area contributed by atoms with Gasteiger partial charge < -0.3 is 36.2 Å². The molecular formula is C32H54N6O7. The fourth-order valence-corrected chi connectivity index (χ4v) is 6.72. The summed E-state index contributed by atoms with van der Waals surface area (Å²) in [6, 6.07) is -3.97. The predicted molar refractivity (Wildman–Crippen MR) is 168 cm³/mol. The molecule has 13 heteroatoms. The third kappa shape index (κ3) is 8.07. The van der Waals surface area contributed by atoms with Gasteiger partial charge in [-0.05, 0) is 40.4 Å². The Kier molecular flexibility index (Phi) is 10.6. The SMILES string of the molecule is COC(=O)N(C)C[C@@H](NC(=O)N[C@H](C(=O)N1C[C@H]2[C@@H]([C@H]1C(=O)NC(CC1CCC1)C(=O)C(N)=O)C2(C)C)C(C)(C)C)C(C)(C)C. The first-order chi connectivity index (χ1) is 20.6. The number of amides is 6. The molecule has 2 saturated carbocycles. The number of methoxy groups -OCH3 is 1. The summed E-state index contributed by atoms with van der Waals surface area (Å²) in [5.74, 6) is -2.67. The Morgan fingerprint density at radius 1 is 0.978 bits per heavy atom. The molecule has 0 aromatic carbocycles. The molecule has 45 heavy (non-hydrogen) atoms. The van der Waals surface area contributed by atoms with Crippen molar-refractivity contribution in [2.24, 2.45) is 39.7 Å². The Morgan fingerprint density at radius 3 is 2.04 bits per heavy atom. The largest absolute Gasteiger partial charge is 0.453 e. The van der Waals surface area contributed by atoms with Gasteiger partial charge in [-0.1, -0.05) is 74.7 Å². The third-order valence-electron chi connectivity index (χ3n) is 10.1. The zero-order valence-electron chi connectivity index (χ0n) is 28.6. The van der Waals surface area contributed by atoms with E-state index >= 15 is 0 Å². The normalized spacial score (nSPS) is 24.2. The molecule has 6 atom stereocenters. The summed E-state index contributed by atoms with van der Waals surface area (Å²) in [7, 11) is 2.86. The van der Waals surface area contributed by atoms with Crippen LogP contribution < -0.4 is 21.7 Å². The van der Waals surface area contributed by atoms with Crippen LogP contribution in [0.4, 0.5) is 9.59 Å². The van der Waals surface area contributed by atoms with Crippen LogP contribution in [0.15, 0.2) is 0 Å². The highest BCUT2D eigenvalue weighted by Gasteiger charge is 2.70. The molecule has 1 saturated heterocycles. The van der Waals surface area contributed by atoms with Crippen molar-refractivity contribution < 1.29 is 33.5 Å². The summed E-state index contributed by atoms with van der Waals surface area (Å²) >= 11 is 0. The molecule has 0 bridgehead atoms. The second kappa shape index (κ2) is 13.2. The second-order valence-electron chi connectivity index (χ2n) is 15.9. The van der Waals surface area contributed by atoms with Gasteiger partial charge in [0.2, 0.25) is 17.6 Å². The van der Waals surface area contributed by atoms with Crippen LogP contribution in [0.2, 0.25) is 0 Å². The first-order valence-corrected chi connectivity index (χ1v) is 15.9. The van der Waals surface area contributed by atoms with Crippen LogP contribution in [0, 0.1) is 34.0 Å². The molecule has 0 spiro atoms. The van der Waals surface area contributed by atoms with Gasteiger partial charge in [-0.2, -0.15) is 0 Å². The lowest BCUT2D eigenvalue weighted by atomic mass is 9.80. The zero-order valence-corrected chi connectivity index (χ0v) is 28.6. The number of ether oxygens (including phenoxy) is 1. The zero-order chi connectivity index (χ0) is 34.2. The van der Waals surface area contributed by atoms with E-state index in [0.29, 0.717) is 13.0 Å². The van der Waals surface area contributed by atoms with E-state index in [1.54, 1.807) is 7.05 Å². The van der Waals surface area contributed by atoms with E-state index in [9.17, 15) is 28.8 Å². The Hall–Kier alpha value is -3.38. The van der Waals surface area contributed by atoms with Crippen molar-refractivity contribution >= 4 is 35.6 Å². The smallest absolute Gasteiger partial charge is 0.409 e. The average molecular weight is 635 g/mol. The molecule has 13 nitrogen and oxygen atoms in total. The first-order valence-electron chi connectivity index (χ1n) is 15.9. The molecule has 5 N–H and O–H groups in total. The maximum absolute atomic E-state index is 14.3. The van der Waals surface area contributed by atoms with Gasteiger partial charge >= 0.3 is 12.1 Å². The number of piperidine rings is 1. The van der Waals surface area contributed by atoms with Gasteiger partial charge in [0.1, 0.15) is 12.1 Å². The van der Waals surface area contributed by atoms with Crippen molar-refractivity contribution in [1.82, 2.24) is 25.8 Å². The average Bonchev–Trinajstić information content (AvgIpc) is 3.21. The molecule has 1 aliphatic heterocycles. The number of ketones is 1. The fraction of sp³-hybridized carbons (Fsp3) is 0.812. The highest BCUT2D eigenvalue weighted by atomic mass is 16.5. The molecule has 0 aromatic heterocycles. The molecule has 2 aliphatic carbocycles. The minimum atomic E-state index is -1.10. The molecule has 0 radical (unpaired) electrons. The highest BCUT2D eigenvalue weighted by Crippen LogP contribution is 2.65. The Morgan fingerprint density at radius 2 is 1.58 bits per heavy atom. The van der Waals surface area contributed by atoms with Crippen LogP contribution in [0.5, 0.6) is 0 Å². The van der Waals surface area contributed by atoms with Crippen LogP contribution in [0.3, 0.4) is 0 Å². The standard InChI is InChI=1S/C32H54N6O7/c1-30(2,3)20(16-37(9)29(44)45-10)35-28(43)36-24(31(4,5)6)27(42)38-15-18-21(32(18,7)8)22(38)26(41)34-19(23(39)25(33)40)14-17-12-11-13-17/h17-22,24H,11-16H2,1-10H3,(H2,33,40)(H,34,41)(H2,35,36,43)/t18-,19?,20+,21-,22-,24+/m0/s1. The minimum Gasteiger partial charge on any atom is -0.453 e. The first kappa shape index (κ1) is 36.1. The number of carbonyl (C=O) groups excluding carboxylic acids is 6. The number of nitrogens with two attached hydrogens (primary N) is 1. The number of Topliss-reactive ketones (excluding diaryl/α,β-unsaturated/α-hetero) is 1. The van der Waals surface area contributed by atoms with Crippen molar-refractivity contribution in [3.63, 3.8) is 0 Å². The van der Waals surface area contributed by atoms with Gasteiger partial charge in [-0.15, -0.1) is 0 Å². The van der Waals surface area contributed by atoms with Gasteiger partial charge in [0.25, 0.3) is 5.91 Å². The number of likely N-dealkylation sites (tertiary alicyclic amines) is 1. The van der Waals surface area contributed by atoms with Crippen molar-refractivity contribution in [3.8, 4) is 0 Å². The quantitative estimate of drug-likeness (QED) is 0.251. The number of nitrogens with zero attached hydrogens (tertiary/aromatic N) is 2. The predicted octanol–water partition coefficient (Wildman–Crippen LogP) is 2.03. The molecule has 3 fully saturated rings. The van der Waals surface area contributed by atoms with Crippen molar-refractivity contribution in [1.29, 1.82) is 0 Å². The van der Waals surface area contributed by atoms with Crippen molar-refractivity contribution in [2.45, 2.75) is 105 Å². The van der Waals surface area contributed by atoms with Crippen molar-refractivity contribution in [3.05, 3.63) is 0 Å². The van der Waals surface area contributed by atoms with E-state index in [1.165, 1.54) is 16.9 Å². The van der Waals surface area contributed by atoms with Gasteiger partial charge in [-0.3, -0.25) is 19.2 Å². The minimum absolute atomic E-state index is 0.0719. The number of urea groups is 1. The van der Waals surface area contributed by atoms with Crippen LogP contribution >= 0.6 is 0 Å². The highest BCUT2D eigenvalue weighted by molar-refractivity contribution is 6.37. The van der Waals surface area contributed by atoms with E-state index in [0.717, 1.165) is 19.3 Å². The van der Waals surface area contributed by atoms with Crippen molar-refractivity contribution in [2.75, 3.05) is 27.2 Å². The van der Waals surface area contributed by atoms with E-state index in [4.69, 9.17) is 10.5 Å². The monoisotopic (exact) mass is 634 g/mol. The molecule has 254 valence electrons. The summed E-state index contributed by atoms with van der Waals surface area (Å²) in [5.41, 5.74) is 3.96. The summed E-state index contributed by atoms with van der Waals surface area (Å²) in [6.45, 7) is 15.9. The number of carbonyl (C=O) groups is 6. The third-order valence-corrected chi connectivity index (χ3v) is 10.1.